The Morgan fingerprint density at radius 2 is 2.04 bits per heavy atom. The van der Waals surface area contributed by atoms with Crippen LogP contribution in [-0.4, -0.2) is 53.3 Å². The minimum Gasteiger partial charge on any atom is -0.374 e. The molecule has 3 heterocycles. The zero-order valence-electron chi connectivity index (χ0n) is 13.5. The topological polar surface area (TPSA) is 41.7 Å². The van der Waals surface area contributed by atoms with E-state index in [1.54, 1.807) is 0 Å². The number of morpholine rings is 1. The second kappa shape index (κ2) is 6.43. The molecule has 2 aromatic rings. The van der Waals surface area contributed by atoms with Crippen molar-refractivity contribution in [3.05, 3.63) is 53.4 Å². The van der Waals surface area contributed by atoms with E-state index in [-0.39, 0.29) is 0 Å². The molecule has 4 rings (SSSR count). The number of aromatic nitrogens is 1. The van der Waals surface area contributed by atoms with Crippen LogP contribution in [-0.2, 0) is 17.8 Å². The van der Waals surface area contributed by atoms with Crippen molar-refractivity contribution in [3.63, 3.8) is 0 Å². The van der Waals surface area contributed by atoms with Gasteiger partial charge in [-0.1, -0.05) is 35.5 Å². The molecule has 0 amide bonds. The lowest BCUT2D eigenvalue weighted by molar-refractivity contribution is -0.0504. The third-order valence-corrected chi connectivity index (χ3v) is 4.78. The molecule has 0 aliphatic carbocycles. The number of ether oxygens (including phenoxy) is 1. The molecular formula is C18H23N3O2. The van der Waals surface area contributed by atoms with Crippen LogP contribution in [0.5, 0.6) is 0 Å². The molecule has 5 heteroatoms. The Bertz CT molecular complexity index is 643. The summed E-state index contributed by atoms with van der Waals surface area (Å²) in [6.45, 7) is 7.61. The van der Waals surface area contributed by atoms with Gasteiger partial charge < -0.3 is 9.26 Å². The summed E-state index contributed by atoms with van der Waals surface area (Å²) in [6, 6.07) is 13.2. The SMILES string of the molecule is Cc1cc(CN2C[C@@H]3[C@@H](C2)OCCN3Cc2ccccc2)no1. The number of aryl methyl sites for hydroxylation is 1. The fourth-order valence-electron chi connectivity index (χ4n) is 3.70. The highest BCUT2D eigenvalue weighted by atomic mass is 16.5. The highest BCUT2D eigenvalue weighted by molar-refractivity contribution is 5.15. The molecule has 122 valence electrons. The molecule has 1 aromatic carbocycles. The van der Waals surface area contributed by atoms with E-state index < -0.39 is 0 Å². The zero-order chi connectivity index (χ0) is 15.6. The van der Waals surface area contributed by atoms with Crippen LogP contribution in [0.25, 0.3) is 0 Å². The summed E-state index contributed by atoms with van der Waals surface area (Å²) in [5.74, 6) is 0.874. The van der Waals surface area contributed by atoms with Gasteiger partial charge in [-0.2, -0.15) is 0 Å². The largest absolute Gasteiger partial charge is 0.374 e. The maximum atomic E-state index is 6.02. The molecule has 1 aromatic heterocycles. The third-order valence-electron chi connectivity index (χ3n) is 4.78. The lowest BCUT2D eigenvalue weighted by atomic mass is 10.1. The van der Waals surface area contributed by atoms with Crippen molar-refractivity contribution in [3.8, 4) is 0 Å². The average Bonchev–Trinajstić information content (AvgIpc) is 3.15. The molecule has 2 saturated heterocycles. The van der Waals surface area contributed by atoms with Crippen molar-refractivity contribution >= 4 is 0 Å². The molecule has 0 unspecified atom stereocenters. The van der Waals surface area contributed by atoms with Gasteiger partial charge in [0, 0.05) is 38.8 Å². The normalized spacial score (nSPS) is 25.6. The maximum Gasteiger partial charge on any atom is 0.133 e. The van der Waals surface area contributed by atoms with Crippen LogP contribution in [0, 0.1) is 6.92 Å². The van der Waals surface area contributed by atoms with Gasteiger partial charge in [0.1, 0.15) is 5.76 Å². The Kier molecular flexibility index (Phi) is 4.16. The van der Waals surface area contributed by atoms with Crippen LogP contribution < -0.4 is 0 Å². The van der Waals surface area contributed by atoms with E-state index in [0.717, 1.165) is 50.8 Å². The summed E-state index contributed by atoms with van der Waals surface area (Å²) in [6.07, 6.45) is 0.306. The summed E-state index contributed by atoms with van der Waals surface area (Å²) in [5.41, 5.74) is 2.38. The monoisotopic (exact) mass is 313 g/mol. The number of benzene rings is 1. The van der Waals surface area contributed by atoms with Gasteiger partial charge in [0.25, 0.3) is 0 Å². The molecule has 0 radical (unpaired) electrons. The Morgan fingerprint density at radius 3 is 2.83 bits per heavy atom. The smallest absolute Gasteiger partial charge is 0.133 e. The van der Waals surface area contributed by atoms with Gasteiger partial charge in [-0.3, -0.25) is 9.80 Å². The standard InChI is InChI=1S/C18H23N3O2/c1-14-9-16(19-23-14)11-20-12-17-18(13-20)22-8-7-21(17)10-15-5-3-2-4-6-15/h2-6,9,17-18H,7-8,10-13H2,1H3/t17-,18-/m1/s1. The van der Waals surface area contributed by atoms with E-state index >= 15 is 0 Å². The molecule has 2 aliphatic heterocycles. The maximum absolute atomic E-state index is 6.02. The van der Waals surface area contributed by atoms with Gasteiger partial charge in [0.15, 0.2) is 0 Å². The molecule has 0 saturated carbocycles. The fourth-order valence-corrected chi connectivity index (χ4v) is 3.70. The van der Waals surface area contributed by atoms with Crippen molar-refractivity contribution in [1.29, 1.82) is 0 Å². The van der Waals surface area contributed by atoms with Crippen LogP contribution in [0.15, 0.2) is 40.9 Å². The quantitative estimate of drug-likeness (QED) is 0.864. The Balaban J connectivity index is 1.42. The predicted molar refractivity (Wildman–Crippen MR) is 86.9 cm³/mol. The molecule has 5 nitrogen and oxygen atoms in total. The highest BCUT2D eigenvalue weighted by Gasteiger charge is 2.40. The summed E-state index contributed by atoms with van der Waals surface area (Å²) < 4.78 is 11.2. The molecular weight excluding hydrogens is 290 g/mol. The predicted octanol–water partition coefficient (Wildman–Crippen LogP) is 2.07. The molecule has 23 heavy (non-hydrogen) atoms. The number of nitrogens with zero attached hydrogens (tertiary/aromatic N) is 3. The van der Waals surface area contributed by atoms with E-state index in [9.17, 15) is 0 Å². The van der Waals surface area contributed by atoms with E-state index in [4.69, 9.17) is 9.26 Å². The zero-order valence-corrected chi connectivity index (χ0v) is 13.5. The van der Waals surface area contributed by atoms with Gasteiger partial charge in [0.2, 0.25) is 0 Å². The van der Waals surface area contributed by atoms with Gasteiger partial charge in [0.05, 0.1) is 24.4 Å². The van der Waals surface area contributed by atoms with Crippen molar-refractivity contribution in [1.82, 2.24) is 15.0 Å². The fraction of sp³-hybridized carbons (Fsp3) is 0.500. The summed E-state index contributed by atoms with van der Waals surface area (Å²) in [4.78, 5) is 4.99. The third kappa shape index (κ3) is 3.32. The molecule has 2 fully saturated rings. The van der Waals surface area contributed by atoms with Crippen molar-refractivity contribution < 1.29 is 9.26 Å². The van der Waals surface area contributed by atoms with Crippen LogP contribution in [0.3, 0.4) is 0 Å². The number of hydrogen-bond donors (Lipinski definition) is 0. The first-order chi connectivity index (χ1) is 11.3. The van der Waals surface area contributed by atoms with Crippen molar-refractivity contribution in [2.45, 2.75) is 32.2 Å². The van der Waals surface area contributed by atoms with E-state index in [2.05, 4.69) is 45.3 Å². The lowest BCUT2D eigenvalue weighted by Crippen LogP contribution is -2.50. The van der Waals surface area contributed by atoms with E-state index in [1.807, 2.05) is 13.0 Å². The van der Waals surface area contributed by atoms with Crippen LogP contribution in [0.4, 0.5) is 0 Å². The first-order valence-corrected chi connectivity index (χ1v) is 8.32. The highest BCUT2D eigenvalue weighted by Crippen LogP contribution is 2.25. The van der Waals surface area contributed by atoms with E-state index in [0.29, 0.717) is 12.1 Å². The van der Waals surface area contributed by atoms with Crippen LogP contribution in [0.1, 0.15) is 17.0 Å². The number of fused-ring (bicyclic) bond motifs is 1. The van der Waals surface area contributed by atoms with Crippen molar-refractivity contribution in [2.24, 2.45) is 0 Å². The lowest BCUT2D eigenvalue weighted by Gasteiger charge is -2.37. The molecule has 2 atom stereocenters. The first-order valence-electron chi connectivity index (χ1n) is 8.32. The second-order valence-electron chi connectivity index (χ2n) is 6.56. The number of hydrogen-bond acceptors (Lipinski definition) is 5. The first kappa shape index (κ1) is 14.9. The average molecular weight is 313 g/mol. The van der Waals surface area contributed by atoms with Crippen molar-refractivity contribution in [2.75, 3.05) is 26.2 Å². The van der Waals surface area contributed by atoms with Crippen LogP contribution in [0.2, 0.25) is 0 Å². The number of rotatable bonds is 4. The second-order valence-corrected chi connectivity index (χ2v) is 6.56. The summed E-state index contributed by atoms with van der Waals surface area (Å²) >= 11 is 0. The summed E-state index contributed by atoms with van der Waals surface area (Å²) in [7, 11) is 0. The van der Waals surface area contributed by atoms with Gasteiger partial charge in [-0.25, -0.2) is 0 Å². The molecule has 0 bridgehead atoms. The molecule has 0 spiro atoms. The summed E-state index contributed by atoms with van der Waals surface area (Å²) in [5, 5.41) is 4.11. The Morgan fingerprint density at radius 1 is 1.17 bits per heavy atom. The van der Waals surface area contributed by atoms with Crippen LogP contribution >= 0.6 is 0 Å². The Hall–Kier alpha value is -1.69. The van der Waals surface area contributed by atoms with Gasteiger partial charge in [-0.05, 0) is 12.5 Å². The van der Waals surface area contributed by atoms with E-state index in [1.165, 1.54) is 5.56 Å². The minimum atomic E-state index is 0.306. The van der Waals surface area contributed by atoms with Gasteiger partial charge >= 0.3 is 0 Å². The molecule has 0 N–H and O–H groups in total. The molecule has 2 aliphatic rings. The Labute approximate surface area is 136 Å². The minimum absolute atomic E-state index is 0.306. The number of likely N-dealkylation sites (tertiary alicyclic amines) is 1. The van der Waals surface area contributed by atoms with Gasteiger partial charge in [-0.15, -0.1) is 0 Å².